The number of benzene rings is 2. The Morgan fingerprint density at radius 3 is 2.81 bits per heavy atom. The zero-order chi connectivity index (χ0) is 19.2. The number of hydrogen-bond donors (Lipinski definition) is 2. The van der Waals surface area contributed by atoms with Crippen molar-refractivity contribution >= 4 is 11.6 Å². The Morgan fingerprint density at radius 2 is 2.11 bits per heavy atom. The maximum absolute atomic E-state index is 13.0. The van der Waals surface area contributed by atoms with Crippen LogP contribution in [-0.2, 0) is 17.6 Å². The number of carbonyl (C=O) groups excluding carboxylic acids is 1. The number of ether oxygens (including phenoxy) is 1. The van der Waals surface area contributed by atoms with Crippen molar-refractivity contribution in [1.29, 1.82) is 0 Å². The maximum Gasteiger partial charge on any atom is 0.232 e. The predicted molar refractivity (Wildman–Crippen MR) is 98.7 cm³/mol. The van der Waals surface area contributed by atoms with Crippen molar-refractivity contribution in [1.82, 2.24) is 20.6 Å². The van der Waals surface area contributed by atoms with Crippen molar-refractivity contribution < 1.29 is 14.6 Å². The van der Waals surface area contributed by atoms with Crippen LogP contribution in [0.5, 0.6) is 11.5 Å². The van der Waals surface area contributed by atoms with Crippen LogP contribution in [0.15, 0.2) is 42.5 Å². The SMILES string of the molecule is CCc1ccccc1NC(=O)[C@@H](Cc1ccc(O)c(OC)c1)c1nnn[n-]1. The number of hydrogen-bond acceptors (Lipinski definition) is 6. The monoisotopic (exact) mass is 366 g/mol. The number of aromatic hydroxyl groups is 1. The molecular weight excluding hydrogens is 346 g/mol. The van der Waals surface area contributed by atoms with Gasteiger partial charge >= 0.3 is 0 Å². The molecule has 140 valence electrons. The fourth-order valence-corrected chi connectivity index (χ4v) is 2.85. The van der Waals surface area contributed by atoms with E-state index in [2.05, 4.69) is 25.9 Å². The Hall–Kier alpha value is -3.42. The molecule has 0 unspecified atom stereocenters. The molecule has 0 saturated heterocycles. The second kappa shape index (κ2) is 8.31. The molecule has 27 heavy (non-hydrogen) atoms. The van der Waals surface area contributed by atoms with E-state index in [1.54, 1.807) is 12.1 Å². The van der Waals surface area contributed by atoms with Gasteiger partial charge in [0.1, 0.15) is 0 Å². The largest absolute Gasteiger partial charge is 0.504 e. The Balaban J connectivity index is 1.87. The van der Waals surface area contributed by atoms with Crippen molar-refractivity contribution in [2.45, 2.75) is 25.7 Å². The molecule has 8 heteroatoms. The highest BCUT2D eigenvalue weighted by atomic mass is 16.5. The number of aryl methyl sites for hydroxylation is 1. The van der Waals surface area contributed by atoms with Crippen LogP contribution < -0.4 is 15.2 Å². The average molecular weight is 366 g/mol. The molecule has 0 aliphatic heterocycles. The van der Waals surface area contributed by atoms with Crippen molar-refractivity contribution in [2.75, 3.05) is 12.4 Å². The number of rotatable bonds is 7. The molecule has 0 spiro atoms. The van der Waals surface area contributed by atoms with Gasteiger partial charge in [0.25, 0.3) is 0 Å². The lowest BCUT2D eigenvalue weighted by atomic mass is 9.97. The zero-order valence-electron chi connectivity index (χ0n) is 15.1. The van der Waals surface area contributed by atoms with E-state index in [1.165, 1.54) is 13.2 Å². The average Bonchev–Trinajstić information content (AvgIpc) is 3.22. The van der Waals surface area contributed by atoms with Gasteiger partial charge in [-0.05, 0) is 42.2 Å². The highest BCUT2D eigenvalue weighted by Crippen LogP contribution is 2.29. The van der Waals surface area contributed by atoms with Gasteiger partial charge in [0.2, 0.25) is 5.91 Å². The summed E-state index contributed by atoms with van der Waals surface area (Å²) in [5, 5.41) is 27.4. The molecule has 1 atom stereocenters. The van der Waals surface area contributed by atoms with Gasteiger partial charge in [-0.15, -0.1) is 0 Å². The quantitative estimate of drug-likeness (QED) is 0.658. The van der Waals surface area contributed by atoms with Crippen LogP contribution in [0, 0.1) is 0 Å². The normalized spacial score (nSPS) is 11.8. The van der Waals surface area contributed by atoms with E-state index in [0.717, 1.165) is 23.2 Å². The minimum absolute atomic E-state index is 0.0343. The molecule has 2 aromatic carbocycles. The number of amides is 1. The molecule has 0 saturated carbocycles. The van der Waals surface area contributed by atoms with Crippen molar-refractivity contribution in [3.63, 3.8) is 0 Å². The first-order valence-electron chi connectivity index (χ1n) is 8.55. The lowest BCUT2D eigenvalue weighted by Crippen LogP contribution is -2.25. The number of carbonyl (C=O) groups is 1. The van der Waals surface area contributed by atoms with Gasteiger partial charge in [-0.1, -0.05) is 31.2 Å². The lowest BCUT2D eigenvalue weighted by Gasteiger charge is -2.19. The number of tetrazole rings is 1. The van der Waals surface area contributed by atoms with Crippen molar-refractivity contribution in [3.05, 3.63) is 59.4 Å². The molecule has 1 aromatic heterocycles. The fourth-order valence-electron chi connectivity index (χ4n) is 2.85. The number of phenolic OH excluding ortho intramolecular Hbond substituents is 1. The van der Waals surface area contributed by atoms with Crippen LogP contribution in [0.1, 0.15) is 29.8 Å². The smallest absolute Gasteiger partial charge is 0.232 e. The summed E-state index contributed by atoms with van der Waals surface area (Å²) >= 11 is 0. The summed E-state index contributed by atoms with van der Waals surface area (Å²) in [5.74, 6) is -0.319. The molecule has 0 radical (unpaired) electrons. The fraction of sp³-hybridized carbons (Fsp3) is 0.263. The highest BCUT2D eigenvalue weighted by Gasteiger charge is 2.22. The first kappa shape index (κ1) is 18.4. The molecule has 0 bridgehead atoms. The van der Waals surface area contributed by atoms with Gasteiger partial charge < -0.3 is 20.3 Å². The molecule has 0 aliphatic carbocycles. The van der Waals surface area contributed by atoms with E-state index in [4.69, 9.17) is 4.74 Å². The molecule has 8 nitrogen and oxygen atoms in total. The first-order valence-corrected chi connectivity index (χ1v) is 8.55. The summed E-state index contributed by atoms with van der Waals surface area (Å²) in [6.45, 7) is 2.03. The van der Waals surface area contributed by atoms with Crippen LogP contribution in [0.25, 0.3) is 0 Å². The van der Waals surface area contributed by atoms with Crippen LogP contribution in [0.4, 0.5) is 5.69 Å². The molecule has 3 aromatic rings. The number of nitrogens with zero attached hydrogens (tertiary/aromatic N) is 4. The molecule has 2 N–H and O–H groups in total. The molecular formula is C19H20N5O3-. The van der Waals surface area contributed by atoms with Gasteiger partial charge in [0.05, 0.1) is 13.0 Å². The Bertz CT molecular complexity index is 911. The van der Waals surface area contributed by atoms with E-state index in [-0.39, 0.29) is 17.5 Å². The molecule has 0 fully saturated rings. The standard InChI is InChI=1S/C19H21N5O3/c1-3-13-6-4-5-7-15(13)20-19(26)14(18-21-23-24-22-18)10-12-8-9-16(25)17(11-12)27-2/h4-9,11,14H,3,10H2,1-2H3,(H3,20,21,22,23,24,25,26)/p-1/t14-/m0/s1. The third-order valence-electron chi connectivity index (χ3n) is 4.30. The molecule has 1 amide bonds. The molecule has 3 rings (SSSR count). The topological polar surface area (TPSA) is 111 Å². The first-order chi connectivity index (χ1) is 13.1. The number of phenols is 1. The van der Waals surface area contributed by atoms with Gasteiger partial charge in [-0.2, -0.15) is 5.21 Å². The summed E-state index contributed by atoms with van der Waals surface area (Å²) in [4.78, 5) is 13.0. The number of nitrogens with one attached hydrogen (secondary N) is 1. The number of anilines is 1. The summed E-state index contributed by atoms with van der Waals surface area (Å²) in [6.07, 6.45) is 1.11. The molecule has 0 aliphatic rings. The summed E-state index contributed by atoms with van der Waals surface area (Å²) in [6, 6.07) is 12.6. The van der Waals surface area contributed by atoms with Crippen LogP contribution in [0.3, 0.4) is 0 Å². The van der Waals surface area contributed by atoms with Gasteiger partial charge in [0.15, 0.2) is 11.5 Å². The predicted octanol–water partition coefficient (Wildman–Crippen LogP) is 2.07. The minimum atomic E-state index is -0.681. The van der Waals surface area contributed by atoms with E-state index in [9.17, 15) is 9.90 Å². The van der Waals surface area contributed by atoms with Gasteiger partial charge in [-0.3, -0.25) is 15.1 Å². The molecule has 1 heterocycles. The van der Waals surface area contributed by atoms with Crippen LogP contribution in [0.2, 0.25) is 0 Å². The second-order valence-electron chi connectivity index (χ2n) is 6.00. The number of methoxy groups -OCH3 is 1. The van der Waals surface area contributed by atoms with Gasteiger partial charge in [-0.25, -0.2) is 0 Å². The van der Waals surface area contributed by atoms with E-state index < -0.39 is 5.92 Å². The van der Waals surface area contributed by atoms with E-state index in [0.29, 0.717) is 12.2 Å². The Labute approximate surface area is 156 Å². The van der Waals surface area contributed by atoms with Crippen molar-refractivity contribution in [2.24, 2.45) is 0 Å². The third-order valence-corrected chi connectivity index (χ3v) is 4.30. The highest BCUT2D eigenvalue weighted by molar-refractivity contribution is 5.96. The Morgan fingerprint density at radius 1 is 1.30 bits per heavy atom. The lowest BCUT2D eigenvalue weighted by molar-refractivity contribution is -0.117. The summed E-state index contributed by atoms with van der Waals surface area (Å²) in [5.41, 5.74) is 2.58. The summed E-state index contributed by atoms with van der Waals surface area (Å²) < 4.78 is 5.14. The van der Waals surface area contributed by atoms with E-state index in [1.807, 2.05) is 31.2 Å². The zero-order valence-corrected chi connectivity index (χ0v) is 15.1. The van der Waals surface area contributed by atoms with Crippen LogP contribution in [-0.4, -0.2) is 33.6 Å². The third kappa shape index (κ3) is 4.22. The number of aromatic nitrogens is 4. The van der Waals surface area contributed by atoms with Gasteiger partial charge in [0, 0.05) is 11.5 Å². The number of para-hydroxylation sites is 1. The second-order valence-corrected chi connectivity index (χ2v) is 6.00. The maximum atomic E-state index is 13.0. The Kier molecular flexibility index (Phi) is 5.65. The minimum Gasteiger partial charge on any atom is -0.504 e. The van der Waals surface area contributed by atoms with Crippen molar-refractivity contribution in [3.8, 4) is 11.5 Å². The van der Waals surface area contributed by atoms with E-state index >= 15 is 0 Å². The van der Waals surface area contributed by atoms with Crippen LogP contribution >= 0.6 is 0 Å². The summed E-state index contributed by atoms with van der Waals surface area (Å²) in [7, 11) is 1.47.